The maximum Gasteiger partial charge on any atom is 0.230 e. The van der Waals surface area contributed by atoms with Crippen LogP contribution in [0.5, 0.6) is 57.5 Å². The minimum atomic E-state index is -0.0377. The van der Waals surface area contributed by atoms with Gasteiger partial charge < -0.3 is 66.3 Å². The van der Waals surface area contributed by atoms with Crippen molar-refractivity contribution in [3.05, 3.63) is 169 Å². The Balaban J connectivity index is 0.736. The molecule has 0 aliphatic carbocycles. The van der Waals surface area contributed by atoms with Crippen LogP contribution in [0.1, 0.15) is 11.1 Å². The van der Waals surface area contributed by atoms with Crippen LogP contribution in [0.25, 0.3) is 32.7 Å². The fourth-order valence-electron chi connectivity index (χ4n) is 7.67. The van der Waals surface area contributed by atoms with E-state index in [-0.39, 0.29) is 53.0 Å². The monoisotopic (exact) mass is 974 g/mol. The number of fused-ring (bicyclic) bond motifs is 2. The Kier molecular flexibility index (Phi) is 15.5. The second kappa shape index (κ2) is 23.4. The minimum absolute atomic E-state index is 0.0243. The predicted molar refractivity (Wildman–Crippen MR) is 269 cm³/mol. The number of epoxide rings is 2. The van der Waals surface area contributed by atoms with Gasteiger partial charge in [0.2, 0.25) is 27.2 Å². The number of rotatable bonds is 27. The molecule has 10 rings (SSSR count). The maximum absolute atomic E-state index is 6.47. The first-order valence-corrected chi connectivity index (χ1v) is 23.6. The Morgan fingerprint density at radius 3 is 1.12 bits per heavy atom. The minimum Gasteiger partial charge on any atom is -0.468 e. The summed E-state index contributed by atoms with van der Waals surface area (Å²) in [6.07, 6.45) is 0.399. The van der Waals surface area contributed by atoms with Crippen LogP contribution in [0.15, 0.2) is 158 Å². The molecule has 2 unspecified atom stereocenters. The Morgan fingerprint density at radius 2 is 0.708 bits per heavy atom. The molecule has 8 aromatic rings. The Bertz CT molecular complexity index is 3010. The van der Waals surface area contributed by atoms with Gasteiger partial charge in [0.15, 0.2) is 13.6 Å². The molecule has 0 spiro atoms. The third-order valence-corrected chi connectivity index (χ3v) is 11.6. The average Bonchev–Trinajstić information content (AvgIpc) is 4.36. The van der Waals surface area contributed by atoms with Crippen LogP contribution in [0.2, 0.25) is 0 Å². The molecule has 8 aromatic carbocycles. The zero-order valence-electron chi connectivity index (χ0n) is 40.0. The molecule has 14 heteroatoms. The Hall–Kier alpha value is -7.88. The zero-order chi connectivity index (χ0) is 48.9. The third kappa shape index (κ3) is 13.5. The van der Waals surface area contributed by atoms with Crippen molar-refractivity contribution in [3.63, 3.8) is 0 Å². The van der Waals surface area contributed by atoms with E-state index in [2.05, 4.69) is 56.3 Å². The topological polar surface area (TPSA) is 136 Å². The first kappa shape index (κ1) is 47.8. The van der Waals surface area contributed by atoms with Crippen molar-refractivity contribution >= 4 is 21.5 Å². The van der Waals surface area contributed by atoms with E-state index >= 15 is 0 Å². The van der Waals surface area contributed by atoms with Gasteiger partial charge in [-0.25, -0.2) is 0 Å². The lowest BCUT2D eigenvalue weighted by molar-refractivity contribution is 0.00804. The van der Waals surface area contributed by atoms with E-state index in [0.29, 0.717) is 70.7 Å². The fourth-order valence-corrected chi connectivity index (χ4v) is 7.67. The van der Waals surface area contributed by atoms with E-state index in [1.807, 2.05) is 115 Å². The van der Waals surface area contributed by atoms with Gasteiger partial charge in [0.25, 0.3) is 0 Å². The molecule has 14 nitrogen and oxygen atoms in total. The van der Waals surface area contributed by atoms with E-state index in [1.165, 1.54) is 0 Å². The molecule has 0 radical (unpaired) electrons. The second-order valence-corrected chi connectivity index (χ2v) is 17.0. The first-order chi connectivity index (χ1) is 35.4. The summed E-state index contributed by atoms with van der Waals surface area (Å²) < 4.78 is 80.4. The summed E-state index contributed by atoms with van der Waals surface area (Å²) in [7, 11) is 0. The molecule has 2 aliphatic rings. The van der Waals surface area contributed by atoms with Crippen LogP contribution in [-0.2, 0) is 18.9 Å². The van der Waals surface area contributed by atoms with Crippen LogP contribution in [0.4, 0.5) is 0 Å². The molecule has 370 valence electrons. The number of ether oxygens (including phenoxy) is 14. The maximum atomic E-state index is 6.47. The number of aryl methyl sites for hydroxylation is 2. The molecule has 0 amide bonds. The van der Waals surface area contributed by atoms with Crippen LogP contribution >= 0.6 is 0 Å². The molecule has 72 heavy (non-hydrogen) atoms. The highest BCUT2D eigenvalue weighted by molar-refractivity contribution is 6.08. The molecule has 2 aliphatic heterocycles. The summed E-state index contributed by atoms with van der Waals surface area (Å²) in [6.45, 7) is 7.05. The Labute approximate surface area is 417 Å². The molecule has 2 atom stereocenters. The summed E-state index contributed by atoms with van der Waals surface area (Å²) in [5.41, 5.74) is 4.15. The summed E-state index contributed by atoms with van der Waals surface area (Å²) in [5, 5.41) is 4.18. The van der Waals surface area contributed by atoms with Crippen LogP contribution in [0.3, 0.4) is 0 Å². The second-order valence-electron chi connectivity index (χ2n) is 17.0. The van der Waals surface area contributed by atoms with Gasteiger partial charge in [0, 0.05) is 5.56 Å². The van der Waals surface area contributed by atoms with Crippen molar-refractivity contribution in [3.8, 4) is 68.6 Å². The molecular formula is C58H54O14. The van der Waals surface area contributed by atoms with Crippen LogP contribution < -0.4 is 47.4 Å². The van der Waals surface area contributed by atoms with Gasteiger partial charge in [-0.1, -0.05) is 53.6 Å². The van der Waals surface area contributed by atoms with Crippen LogP contribution in [0, 0.1) is 13.8 Å². The normalized spacial score (nSPS) is 14.6. The largest absolute Gasteiger partial charge is 0.468 e. The lowest BCUT2D eigenvalue weighted by Crippen LogP contribution is -2.08. The molecule has 2 heterocycles. The number of hydrogen-bond acceptors (Lipinski definition) is 14. The highest BCUT2D eigenvalue weighted by Crippen LogP contribution is 2.43. The highest BCUT2D eigenvalue weighted by atomic mass is 16.7. The number of benzene rings is 8. The van der Waals surface area contributed by atoms with Gasteiger partial charge in [-0.05, 0) is 156 Å². The summed E-state index contributed by atoms with van der Waals surface area (Å²) in [5.74, 6) is 6.44. The van der Waals surface area contributed by atoms with E-state index in [1.54, 1.807) is 0 Å². The standard InChI is InChI=1S/C58H54O14/c1-39-4-23-55-41(25-39)5-24-57(72-38-70-50-20-18-48(19-21-50)68-36-66-46-12-8-44(9-13-46)64-34-60-30-53-32-62-53)58(55)56-28-51(27-42-26-40(2)3-22-54(42)56)71-37-69-49-16-14-47(15-17-49)67-35-65-45-10-6-43(7-11-45)63-33-59-29-52-31-61-52/h3-28,52-53H,29-38H2,1-2H3. The summed E-state index contributed by atoms with van der Waals surface area (Å²) in [4.78, 5) is 0. The molecular weight excluding hydrogens is 921 g/mol. The molecule has 0 bridgehead atoms. The summed E-state index contributed by atoms with van der Waals surface area (Å²) in [6, 6.07) is 50.0. The molecule has 0 aromatic heterocycles. The van der Waals surface area contributed by atoms with Gasteiger partial charge in [0.1, 0.15) is 69.7 Å². The number of hydrogen-bond donors (Lipinski definition) is 0. The first-order valence-electron chi connectivity index (χ1n) is 23.6. The van der Waals surface area contributed by atoms with Crippen LogP contribution in [-0.4, -0.2) is 79.4 Å². The zero-order valence-corrected chi connectivity index (χ0v) is 40.0. The fraction of sp³-hybridized carbons (Fsp3) is 0.241. The van der Waals surface area contributed by atoms with Gasteiger partial charge in [0.05, 0.1) is 26.4 Å². The van der Waals surface area contributed by atoms with Crippen molar-refractivity contribution in [1.29, 1.82) is 0 Å². The molecule has 0 N–H and O–H groups in total. The van der Waals surface area contributed by atoms with E-state index in [9.17, 15) is 0 Å². The SMILES string of the molecule is Cc1ccc2c(-c3c(OCOc4ccc(OCOc5ccc(OCOCC6CO6)cc5)cc4)ccc4cc(C)ccc34)cc(OCOc3ccc(OCOc4ccc(OCOCC5CO5)cc4)cc3)cc2c1. The van der Waals surface area contributed by atoms with E-state index in [0.717, 1.165) is 57.0 Å². The average molecular weight is 975 g/mol. The summed E-state index contributed by atoms with van der Waals surface area (Å²) >= 11 is 0. The lowest BCUT2D eigenvalue weighted by Gasteiger charge is -2.19. The van der Waals surface area contributed by atoms with E-state index < -0.39 is 0 Å². The quantitative estimate of drug-likeness (QED) is 0.0275. The van der Waals surface area contributed by atoms with E-state index in [4.69, 9.17) is 66.3 Å². The predicted octanol–water partition coefficient (Wildman–Crippen LogP) is 11.4. The van der Waals surface area contributed by atoms with Crippen molar-refractivity contribution < 1.29 is 66.3 Å². The lowest BCUT2D eigenvalue weighted by atomic mass is 9.91. The van der Waals surface area contributed by atoms with Gasteiger partial charge in [-0.3, -0.25) is 0 Å². The molecule has 2 fully saturated rings. The van der Waals surface area contributed by atoms with Gasteiger partial charge in [-0.15, -0.1) is 0 Å². The van der Waals surface area contributed by atoms with Gasteiger partial charge in [-0.2, -0.15) is 0 Å². The third-order valence-electron chi connectivity index (χ3n) is 11.6. The van der Waals surface area contributed by atoms with Gasteiger partial charge >= 0.3 is 0 Å². The molecule has 0 saturated carbocycles. The van der Waals surface area contributed by atoms with Crippen molar-refractivity contribution in [1.82, 2.24) is 0 Å². The molecule has 2 saturated heterocycles. The van der Waals surface area contributed by atoms with Crippen molar-refractivity contribution in [2.24, 2.45) is 0 Å². The van der Waals surface area contributed by atoms with Crippen molar-refractivity contribution in [2.75, 3.05) is 67.2 Å². The highest BCUT2D eigenvalue weighted by Gasteiger charge is 2.23. The smallest absolute Gasteiger partial charge is 0.230 e. The Morgan fingerprint density at radius 1 is 0.347 bits per heavy atom. The van der Waals surface area contributed by atoms with Crippen molar-refractivity contribution in [2.45, 2.75) is 26.1 Å².